The molecule has 32 heavy (non-hydrogen) atoms. The number of primary sulfonamides is 1. The molecule has 0 unspecified atom stereocenters. The Balaban J connectivity index is 1.61. The van der Waals surface area contributed by atoms with E-state index in [1.165, 1.54) is 6.07 Å². The van der Waals surface area contributed by atoms with E-state index in [4.69, 9.17) is 5.14 Å². The lowest BCUT2D eigenvalue weighted by Gasteiger charge is -2.11. The molecule has 4 aromatic rings. The first-order chi connectivity index (χ1) is 15.2. The van der Waals surface area contributed by atoms with Crippen molar-refractivity contribution in [2.24, 2.45) is 5.14 Å². The summed E-state index contributed by atoms with van der Waals surface area (Å²) in [4.78, 5) is 13.0. The largest absolute Gasteiger partial charge is 0.321 e. The maximum atomic E-state index is 13.0. The first-order valence-corrected chi connectivity index (χ1v) is 11.9. The molecule has 0 aliphatic heterocycles. The Kier molecular flexibility index (Phi) is 5.96. The van der Waals surface area contributed by atoms with Crippen LogP contribution >= 0.6 is 15.9 Å². The van der Waals surface area contributed by atoms with Crippen molar-refractivity contribution in [1.82, 2.24) is 9.78 Å². The normalized spacial score (nSPS) is 11.3. The Morgan fingerprint density at radius 2 is 1.72 bits per heavy atom. The van der Waals surface area contributed by atoms with Crippen LogP contribution in [-0.4, -0.2) is 24.1 Å². The molecular formula is C23H19BrN4O3S. The molecule has 0 aliphatic rings. The minimum absolute atomic E-state index is 0.0465. The molecule has 162 valence electrons. The number of hydrogen-bond acceptors (Lipinski definition) is 4. The summed E-state index contributed by atoms with van der Waals surface area (Å²) in [5.74, 6) is -0.316. The van der Waals surface area contributed by atoms with Gasteiger partial charge in [0.2, 0.25) is 10.0 Å². The molecule has 7 nitrogen and oxygen atoms in total. The fourth-order valence-corrected chi connectivity index (χ4v) is 4.50. The number of rotatable bonds is 5. The van der Waals surface area contributed by atoms with E-state index in [1.807, 2.05) is 31.2 Å². The van der Waals surface area contributed by atoms with Gasteiger partial charge in [-0.25, -0.2) is 18.2 Å². The first kappa shape index (κ1) is 21.9. The zero-order valence-corrected chi connectivity index (χ0v) is 19.4. The van der Waals surface area contributed by atoms with E-state index in [1.54, 1.807) is 53.2 Å². The van der Waals surface area contributed by atoms with E-state index in [-0.39, 0.29) is 10.8 Å². The van der Waals surface area contributed by atoms with Gasteiger partial charge in [-0.05, 0) is 55.0 Å². The molecule has 3 N–H and O–H groups in total. The minimum Gasteiger partial charge on any atom is -0.321 e. The topological polar surface area (TPSA) is 107 Å². The lowest BCUT2D eigenvalue weighted by Crippen LogP contribution is -2.17. The third-order valence-corrected chi connectivity index (χ3v) is 6.23. The number of hydrogen-bond donors (Lipinski definition) is 2. The summed E-state index contributed by atoms with van der Waals surface area (Å²) in [5, 5.41) is 12.6. The third kappa shape index (κ3) is 4.64. The molecule has 0 bridgehead atoms. The molecule has 0 fully saturated rings. The van der Waals surface area contributed by atoms with Gasteiger partial charge in [0.25, 0.3) is 5.91 Å². The predicted molar refractivity (Wildman–Crippen MR) is 127 cm³/mol. The lowest BCUT2D eigenvalue weighted by molar-refractivity contribution is 0.101. The molecule has 0 spiro atoms. The highest BCUT2D eigenvalue weighted by Crippen LogP contribution is 2.28. The third-order valence-electron chi connectivity index (χ3n) is 4.76. The molecule has 1 amide bonds. The fraction of sp³-hybridized carbons (Fsp3) is 0.0435. The molecule has 0 saturated carbocycles. The number of aromatic nitrogens is 2. The van der Waals surface area contributed by atoms with Crippen LogP contribution in [0.2, 0.25) is 0 Å². The molecule has 4 rings (SSSR count). The van der Waals surface area contributed by atoms with Gasteiger partial charge >= 0.3 is 0 Å². The number of nitrogens with one attached hydrogen (secondary N) is 1. The Hall–Kier alpha value is -3.27. The molecule has 1 heterocycles. The molecule has 0 radical (unpaired) electrons. The summed E-state index contributed by atoms with van der Waals surface area (Å²) in [7, 11) is -3.86. The number of carbonyl (C=O) groups is 1. The summed E-state index contributed by atoms with van der Waals surface area (Å²) in [6.07, 6.45) is 0. The van der Waals surface area contributed by atoms with Crippen LogP contribution < -0.4 is 10.5 Å². The number of nitrogens with two attached hydrogens (primary N) is 1. The van der Waals surface area contributed by atoms with Crippen molar-refractivity contribution in [2.45, 2.75) is 11.8 Å². The Morgan fingerprint density at radius 1 is 1.00 bits per heavy atom. The molecule has 3 aromatic carbocycles. The van der Waals surface area contributed by atoms with Crippen molar-refractivity contribution in [3.05, 3.63) is 94.7 Å². The van der Waals surface area contributed by atoms with Gasteiger partial charge in [-0.3, -0.25) is 4.79 Å². The summed E-state index contributed by atoms with van der Waals surface area (Å²) >= 11 is 3.44. The number of sulfonamides is 1. The van der Waals surface area contributed by atoms with Gasteiger partial charge in [0, 0.05) is 15.7 Å². The zero-order chi connectivity index (χ0) is 22.9. The van der Waals surface area contributed by atoms with E-state index in [9.17, 15) is 13.2 Å². The first-order valence-electron chi connectivity index (χ1n) is 9.58. The molecule has 0 atom stereocenters. The summed E-state index contributed by atoms with van der Waals surface area (Å²) in [5.41, 5.74) is 3.59. The van der Waals surface area contributed by atoms with Crippen molar-refractivity contribution in [1.29, 1.82) is 0 Å². The number of benzene rings is 3. The van der Waals surface area contributed by atoms with E-state index < -0.39 is 10.0 Å². The van der Waals surface area contributed by atoms with Gasteiger partial charge in [-0.15, -0.1) is 0 Å². The van der Waals surface area contributed by atoms with E-state index in [0.29, 0.717) is 28.2 Å². The van der Waals surface area contributed by atoms with Crippen LogP contribution in [0.15, 0.2) is 88.2 Å². The quantitative estimate of drug-likeness (QED) is 0.411. The minimum atomic E-state index is -3.86. The summed E-state index contributed by atoms with van der Waals surface area (Å²) in [6.45, 7) is 1.82. The van der Waals surface area contributed by atoms with Gasteiger partial charge < -0.3 is 5.32 Å². The maximum absolute atomic E-state index is 13.0. The number of amides is 1. The Morgan fingerprint density at radius 3 is 2.41 bits per heavy atom. The number of nitrogens with zero attached hydrogens (tertiary/aromatic N) is 2. The van der Waals surface area contributed by atoms with Crippen LogP contribution in [0.1, 0.15) is 16.2 Å². The fourth-order valence-electron chi connectivity index (χ4n) is 3.35. The van der Waals surface area contributed by atoms with Crippen molar-refractivity contribution >= 4 is 37.5 Å². The highest BCUT2D eigenvalue weighted by molar-refractivity contribution is 9.10. The van der Waals surface area contributed by atoms with Crippen molar-refractivity contribution in [3.63, 3.8) is 0 Å². The standard InChI is InChI=1S/C23H19BrN4O3S/c1-15-13-21(28(27-15)19-6-4-5-17(24)14-19)23(29)26-18-11-9-16(10-12-18)20-7-2-3-8-22(20)32(25,30)31/h2-14H,1H3,(H,26,29)(H2,25,30,31). The van der Waals surface area contributed by atoms with Crippen LogP contribution in [0.3, 0.4) is 0 Å². The lowest BCUT2D eigenvalue weighted by atomic mass is 10.1. The number of anilines is 1. The van der Waals surface area contributed by atoms with E-state index in [2.05, 4.69) is 26.3 Å². The monoisotopic (exact) mass is 510 g/mol. The molecule has 0 aliphatic carbocycles. The summed E-state index contributed by atoms with van der Waals surface area (Å²) in [6, 6.07) is 22.6. The number of aryl methyl sites for hydroxylation is 1. The maximum Gasteiger partial charge on any atom is 0.274 e. The SMILES string of the molecule is Cc1cc(C(=O)Nc2ccc(-c3ccccc3S(N)(=O)=O)cc2)n(-c2cccc(Br)c2)n1. The second-order valence-corrected chi connectivity index (χ2v) is 9.58. The van der Waals surface area contributed by atoms with Gasteiger partial charge in [-0.1, -0.05) is 52.3 Å². The zero-order valence-electron chi connectivity index (χ0n) is 17.0. The second kappa shape index (κ2) is 8.70. The molecule has 9 heteroatoms. The second-order valence-electron chi connectivity index (χ2n) is 7.14. The summed E-state index contributed by atoms with van der Waals surface area (Å²) < 4.78 is 26.2. The van der Waals surface area contributed by atoms with Crippen LogP contribution in [0, 0.1) is 6.92 Å². The predicted octanol–water partition coefficient (Wildman–Crippen LogP) is 4.51. The molecule has 0 saturated heterocycles. The van der Waals surface area contributed by atoms with Gasteiger partial charge in [-0.2, -0.15) is 5.10 Å². The van der Waals surface area contributed by atoms with Gasteiger partial charge in [0.15, 0.2) is 0 Å². The smallest absolute Gasteiger partial charge is 0.274 e. The van der Waals surface area contributed by atoms with Crippen LogP contribution in [-0.2, 0) is 10.0 Å². The number of halogens is 1. The van der Waals surface area contributed by atoms with Gasteiger partial charge in [0.05, 0.1) is 16.3 Å². The Labute approximate surface area is 194 Å². The highest BCUT2D eigenvalue weighted by atomic mass is 79.9. The van der Waals surface area contributed by atoms with Crippen molar-refractivity contribution in [2.75, 3.05) is 5.32 Å². The number of carbonyl (C=O) groups excluding carboxylic acids is 1. The average molecular weight is 511 g/mol. The van der Waals surface area contributed by atoms with Gasteiger partial charge in [0.1, 0.15) is 5.69 Å². The van der Waals surface area contributed by atoms with E-state index in [0.717, 1.165) is 10.2 Å². The van der Waals surface area contributed by atoms with Crippen LogP contribution in [0.4, 0.5) is 5.69 Å². The van der Waals surface area contributed by atoms with Crippen LogP contribution in [0.25, 0.3) is 16.8 Å². The molecular weight excluding hydrogens is 492 g/mol. The average Bonchev–Trinajstić information content (AvgIpc) is 3.16. The Bertz CT molecular complexity index is 1410. The van der Waals surface area contributed by atoms with Crippen molar-refractivity contribution < 1.29 is 13.2 Å². The highest BCUT2D eigenvalue weighted by Gasteiger charge is 2.17. The van der Waals surface area contributed by atoms with Crippen molar-refractivity contribution in [3.8, 4) is 16.8 Å². The van der Waals surface area contributed by atoms with Crippen LogP contribution in [0.5, 0.6) is 0 Å². The molecule has 1 aromatic heterocycles. The van der Waals surface area contributed by atoms with E-state index >= 15 is 0 Å².